The lowest BCUT2D eigenvalue weighted by Gasteiger charge is -2.09. The van der Waals surface area contributed by atoms with Crippen LogP contribution in [-0.4, -0.2) is 0 Å². The average molecular weight is 280 g/mol. The first-order chi connectivity index (χ1) is 10.9. The van der Waals surface area contributed by atoms with Crippen LogP contribution in [0.3, 0.4) is 0 Å². The van der Waals surface area contributed by atoms with Gasteiger partial charge in [-0.2, -0.15) is 0 Å². The molecule has 0 amide bonds. The third-order valence-corrected chi connectivity index (χ3v) is 4.84. The summed E-state index contributed by atoms with van der Waals surface area (Å²) in [5, 5.41) is 10.9. The summed E-state index contributed by atoms with van der Waals surface area (Å²) >= 11 is 0. The van der Waals surface area contributed by atoms with Crippen molar-refractivity contribution in [1.29, 1.82) is 0 Å². The molecular weight excluding hydrogens is 264 g/mol. The molecule has 1 aliphatic carbocycles. The molecule has 0 aliphatic heterocycles. The van der Waals surface area contributed by atoms with Crippen molar-refractivity contribution in [2.45, 2.75) is 12.8 Å². The highest BCUT2D eigenvalue weighted by Crippen LogP contribution is 2.28. The van der Waals surface area contributed by atoms with Gasteiger partial charge in [0.15, 0.2) is 0 Å². The molecule has 0 unspecified atom stereocenters. The fourth-order valence-corrected chi connectivity index (χ4v) is 3.74. The summed E-state index contributed by atoms with van der Waals surface area (Å²) in [5.41, 5.74) is 0. The quantitative estimate of drug-likeness (QED) is 0.328. The van der Waals surface area contributed by atoms with Crippen molar-refractivity contribution in [3.8, 4) is 0 Å². The highest BCUT2D eigenvalue weighted by molar-refractivity contribution is 6.12. The molecule has 4 aromatic rings. The zero-order chi connectivity index (χ0) is 14.5. The van der Waals surface area contributed by atoms with Crippen molar-refractivity contribution < 1.29 is 0 Å². The molecule has 0 spiro atoms. The number of rotatable bonds is 0. The lowest BCUT2D eigenvalue weighted by Crippen LogP contribution is -2.26. The van der Waals surface area contributed by atoms with Crippen LogP contribution < -0.4 is 10.4 Å². The number of hydrogen-bond acceptors (Lipinski definition) is 0. The normalized spacial score (nSPS) is 13.8. The Hall–Kier alpha value is -2.60. The summed E-state index contributed by atoms with van der Waals surface area (Å²) in [7, 11) is 0. The Morgan fingerprint density at radius 3 is 2.27 bits per heavy atom. The number of hydrogen-bond donors (Lipinski definition) is 0. The second-order valence-electron chi connectivity index (χ2n) is 6.14. The number of benzene rings is 4. The largest absolute Gasteiger partial charge is 0.0763 e. The van der Waals surface area contributed by atoms with E-state index in [0.717, 1.165) is 12.8 Å². The van der Waals surface area contributed by atoms with E-state index in [9.17, 15) is 0 Å². The van der Waals surface area contributed by atoms with Crippen molar-refractivity contribution in [1.82, 2.24) is 0 Å². The zero-order valence-electron chi connectivity index (χ0n) is 12.3. The molecule has 0 aromatic heterocycles. The molecule has 0 atom stereocenters. The standard InChI is InChI=1S/C22H16/c1-3-7-19-15(5-1)9-11-17-14-22-18(13-21(17)19)12-10-16-6-2-4-8-20(16)22/h1,3,5-14H,2,4H2. The van der Waals surface area contributed by atoms with E-state index in [0.29, 0.717) is 0 Å². The van der Waals surface area contributed by atoms with E-state index in [1.54, 1.807) is 0 Å². The molecule has 1 aliphatic rings. The van der Waals surface area contributed by atoms with Gasteiger partial charge in [0, 0.05) is 0 Å². The molecule has 0 saturated carbocycles. The molecule has 4 aromatic carbocycles. The first kappa shape index (κ1) is 12.0. The van der Waals surface area contributed by atoms with Gasteiger partial charge in [0.25, 0.3) is 0 Å². The molecular formula is C22H16. The summed E-state index contributed by atoms with van der Waals surface area (Å²) in [6.07, 6.45) is 7.07. The van der Waals surface area contributed by atoms with E-state index >= 15 is 0 Å². The zero-order valence-corrected chi connectivity index (χ0v) is 12.3. The SMILES string of the molecule is C1=c2ccc3cc4c(ccc5ccccc54)cc3c2=CCC1. The van der Waals surface area contributed by atoms with Gasteiger partial charge in [0.05, 0.1) is 0 Å². The molecule has 0 bridgehead atoms. The van der Waals surface area contributed by atoms with Crippen LogP contribution in [0, 0.1) is 0 Å². The predicted octanol–water partition coefficient (Wildman–Crippen LogP) is 4.50. The van der Waals surface area contributed by atoms with Crippen LogP contribution in [0.5, 0.6) is 0 Å². The van der Waals surface area contributed by atoms with Crippen LogP contribution in [-0.2, 0) is 0 Å². The second kappa shape index (κ2) is 4.45. The van der Waals surface area contributed by atoms with Crippen LogP contribution in [0.4, 0.5) is 0 Å². The Labute approximate surface area is 129 Å². The van der Waals surface area contributed by atoms with E-state index < -0.39 is 0 Å². The van der Waals surface area contributed by atoms with Gasteiger partial charge in [0.1, 0.15) is 0 Å². The maximum Gasteiger partial charge on any atom is -0.00990 e. The van der Waals surface area contributed by atoms with Crippen LogP contribution in [0.15, 0.2) is 60.7 Å². The van der Waals surface area contributed by atoms with E-state index in [1.165, 1.54) is 42.8 Å². The van der Waals surface area contributed by atoms with Gasteiger partial charge >= 0.3 is 0 Å². The van der Waals surface area contributed by atoms with Gasteiger partial charge < -0.3 is 0 Å². The van der Waals surface area contributed by atoms with Gasteiger partial charge in [-0.25, -0.2) is 0 Å². The Kier molecular flexibility index (Phi) is 2.42. The van der Waals surface area contributed by atoms with Crippen molar-refractivity contribution in [3.63, 3.8) is 0 Å². The summed E-state index contributed by atoms with van der Waals surface area (Å²) in [4.78, 5) is 0. The molecule has 104 valence electrons. The van der Waals surface area contributed by atoms with E-state index in [4.69, 9.17) is 0 Å². The van der Waals surface area contributed by atoms with Gasteiger partial charge in [-0.1, -0.05) is 60.7 Å². The average Bonchev–Trinajstić information content (AvgIpc) is 2.60. The van der Waals surface area contributed by atoms with E-state index in [2.05, 4.69) is 72.8 Å². The van der Waals surface area contributed by atoms with Gasteiger partial charge in [-0.3, -0.25) is 0 Å². The Morgan fingerprint density at radius 1 is 0.545 bits per heavy atom. The Morgan fingerprint density at radius 2 is 1.27 bits per heavy atom. The van der Waals surface area contributed by atoms with Crippen molar-refractivity contribution >= 4 is 44.5 Å². The Bertz CT molecular complexity index is 1160. The molecule has 0 radical (unpaired) electrons. The maximum atomic E-state index is 2.39. The predicted molar refractivity (Wildman–Crippen MR) is 96.4 cm³/mol. The van der Waals surface area contributed by atoms with Gasteiger partial charge in [0.2, 0.25) is 0 Å². The highest BCUT2D eigenvalue weighted by Gasteiger charge is 2.05. The minimum atomic E-state index is 1.15. The fraction of sp³-hybridized carbons (Fsp3) is 0.0909. The molecule has 0 N–H and O–H groups in total. The first-order valence-corrected chi connectivity index (χ1v) is 7.95. The third kappa shape index (κ3) is 1.64. The Balaban J connectivity index is 2.02. The smallest absolute Gasteiger partial charge is 0.00990 e. The molecule has 0 fully saturated rings. The highest BCUT2D eigenvalue weighted by atomic mass is 14.1. The van der Waals surface area contributed by atoms with Crippen LogP contribution in [0.25, 0.3) is 44.5 Å². The van der Waals surface area contributed by atoms with Crippen LogP contribution in [0.1, 0.15) is 12.8 Å². The van der Waals surface area contributed by atoms with E-state index in [-0.39, 0.29) is 0 Å². The summed E-state index contributed by atoms with van der Waals surface area (Å²) in [6.45, 7) is 0. The molecule has 0 nitrogen and oxygen atoms in total. The molecule has 0 heteroatoms. The topological polar surface area (TPSA) is 0 Å². The molecule has 0 saturated heterocycles. The van der Waals surface area contributed by atoms with Crippen LogP contribution >= 0.6 is 0 Å². The molecule has 5 rings (SSSR count). The summed E-state index contributed by atoms with van der Waals surface area (Å²) in [6, 6.07) is 22.4. The van der Waals surface area contributed by atoms with Gasteiger partial charge in [-0.05, 0) is 67.7 Å². The van der Waals surface area contributed by atoms with E-state index in [1.807, 2.05) is 0 Å². The minimum Gasteiger partial charge on any atom is -0.0763 e. The maximum absolute atomic E-state index is 2.39. The fourth-order valence-electron chi connectivity index (χ4n) is 3.74. The monoisotopic (exact) mass is 280 g/mol. The number of fused-ring (bicyclic) bond motifs is 6. The third-order valence-electron chi connectivity index (χ3n) is 4.84. The first-order valence-electron chi connectivity index (χ1n) is 7.95. The molecule has 22 heavy (non-hydrogen) atoms. The minimum absolute atomic E-state index is 1.15. The van der Waals surface area contributed by atoms with Gasteiger partial charge in [-0.15, -0.1) is 0 Å². The molecule has 0 heterocycles. The second-order valence-corrected chi connectivity index (χ2v) is 6.14. The lowest BCUT2D eigenvalue weighted by atomic mass is 9.95. The summed E-state index contributed by atoms with van der Waals surface area (Å²) < 4.78 is 0. The van der Waals surface area contributed by atoms with Crippen molar-refractivity contribution in [2.24, 2.45) is 0 Å². The summed E-state index contributed by atoms with van der Waals surface area (Å²) in [5.74, 6) is 0. The lowest BCUT2D eigenvalue weighted by molar-refractivity contribution is 1.12. The van der Waals surface area contributed by atoms with Crippen molar-refractivity contribution in [3.05, 3.63) is 71.1 Å². The van der Waals surface area contributed by atoms with Crippen LogP contribution in [0.2, 0.25) is 0 Å². The van der Waals surface area contributed by atoms with Crippen molar-refractivity contribution in [2.75, 3.05) is 0 Å².